The van der Waals surface area contributed by atoms with Crippen molar-refractivity contribution in [3.05, 3.63) is 58.1 Å². The SMILES string of the molecule is COc1ccc([N+](=O)[O-])cc1NC(=O)COc1ccc(C(F)(F)F)cc1. The number of nitrogens with zero attached hydrogens (tertiary/aromatic N) is 1. The molecule has 0 radical (unpaired) electrons. The van der Waals surface area contributed by atoms with Crippen molar-refractivity contribution in [2.24, 2.45) is 0 Å². The summed E-state index contributed by atoms with van der Waals surface area (Å²) >= 11 is 0. The minimum absolute atomic E-state index is 0.0687. The van der Waals surface area contributed by atoms with Gasteiger partial charge < -0.3 is 14.8 Å². The van der Waals surface area contributed by atoms with Crippen LogP contribution in [-0.4, -0.2) is 24.5 Å². The third kappa shape index (κ3) is 4.85. The van der Waals surface area contributed by atoms with E-state index in [0.717, 1.165) is 30.3 Å². The molecule has 26 heavy (non-hydrogen) atoms. The van der Waals surface area contributed by atoms with Crippen LogP contribution in [0.3, 0.4) is 0 Å². The number of methoxy groups -OCH3 is 1. The molecule has 0 spiro atoms. The van der Waals surface area contributed by atoms with Gasteiger partial charge >= 0.3 is 6.18 Å². The standard InChI is InChI=1S/C16H13F3N2O5/c1-25-14-7-4-11(21(23)24)8-13(14)20-15(22)9-26-12-5-2-10(3-6-12)16(17,18)19/h2-8H,9H2,1H3,(H,20,22). The maximum absolute atomic E-state index is 12.5. The normalized spacial score (nSPS) is 10.9. The van der Waals surface area contributed by atoms with E-state index in [1.165, 1.54) is 19.2 Å². The van der Waals surface area contributed by atoms with Crippen molar-refractivity contribution >= 4 is 17.3 Å². The molecular formula is C16H13F3N2O5. The van der Waals surface area contributed by atoms with Gasteiger partial charge in [-0.1, -0.05) is 0 Å². The lowest BCUT2D eigenvalue weighted by molar-refractivity contribution is -0.384. The van der Waals surface area contributed by atoms with E-state index in [1.807, 2.05) is 0 Å². The van der Waals surface area contributed by atoms with E-state index >= 15 is 0 Å². The molecule has 0 aliphatic rings. The van der Waals surface area contributed by atoms with E-state index < -0.39 is 29.2 Å². The molecule has 0 aliphatic carbocycles. The van der Waals surface area contributed by atoms with E-state index in [2.05, 4.69) is 5.32 Å². The highest BCUT2D eigenvalue weighted by molar-refractivity contribution is 5.93. The largest absolute Gasteiger partial charge is 0.495 e. The summed E-state index contributed by atoms with van der Waals surface area (Å²) in [6.45, 7) is -0.503. The van der Waals surface area contributed by atoms with E-state index in [-0.39, 0.29) is 22.9 Å². The average molecular weight is 370 g/mol. The summed E-state index contributed by atoms with van der Waals surface area (Å²) in [5.41, 5.74) is -1.01. The first-order valence-electron chi connectivity index (χ1n) is 7.13. The number of non-ortho nitro benzene ring substituents is 1. The molecule has 0 unspecified atom stereocenters. The maximum Gasteiger partial charge on any atom is 0.416 e. The zero-order valence-corrected chi connectivity index (χ0v) is 13.4. The number of nitro groups is 1. The van der Waals surface area contributed by atoms with Crippen LogP contribution in [0.25, 0.3) is 0 Å². The van der Waals surface area contributed by atoms with Gasteiger partial charge in [0.1, 0.15) is 11.5 Å². The van der Waals surface area contributed by atoms with E-state index in [1.54, 1.807) is 0 Å². The summed E-state index contributed by atoms with van der Waals surface area (Å²) in [7, 11) is 1.33. The molecule has 138 valence electrons. The fourth-order valence-corrected chi connectivity index (χ4v) is 1.98. The van der Waals surface area contributed by atoms with Crippen LogP contribution < -0.4 is 14.8 Å². The summed E-state index contributed by atoms with van der Waals surface area (Å²) in [6, 6.07) is 7.49. The van der Waals surface area contributed by atoms with E-state index in [0.29, 0.717) is 0 Å². The van der Waals surface area contributed by atoms with Gasteiger partial charge in [0.2, 0.25) is 0 Å². The lowest BCUT2D eigenvalue weighted by atomic mass is 10.2. The Morgan fingerprint density at radius 2 is 1.85 bits per heavy atom. The number of amides is 1. The Labute approximate surface area is 145 Å². The first kappa shape index (κ1) is 19.0. The number of hydrogen-bond donors (Lipinski definition) is 1. The van der Waals surface area contributed by atoms with Crippen molar-refractivity contribution in [1.29, 1.82) is 0 Å². The highest BCUT2D eigenvalue weighted by Gasteiger charge is 2.30. The van der Waals surface area contributed by atoms with Gasteiger partial charge in [-0.2, -0.15) is 13.2 Å². The molecule has 0 aliphatic heterocycles. The first-order chi connectivity index (χ1) is 12.2. The fourth-order valence-electron chi connectivity index (χ4n) is 1.98. The Kier molecular flexibility index (Phi) is 5.65. The minimum atomic E-state index is -4.46. The van der Waals surface area contributed by atoms with Crippen LogP contribution in [0, 0.1) is 10.1 Å². The highest BCUT2D eigenvalue weighted by Crippen LogP contribution is 2.30. The number of halogens is 3. The van der Waals surface area contributed by atoms with Crippen molar-refractivity contribution in [3.8, 4) is 11.5 Å². The third-order valence-corrected chi connectivity index (χ3v) is 3.22. The number of nitrogens with one attached hydrogen (secondary N) is 1. The molecule has 0 fully saturated rings. The second kappa shape index (κ2) is 7.72. The predicted octanol–water partition coefficient (Wildman–Crippen LogP) is 3.64. The summed E-state index contributed by atoms with van der Waals surface area (Å²) in [5.74, 6) is -0.388. The minimum Gasteiger partial charge on any atom is -0.495 e. The number of alkyl halides is 3. The Balaban J connectivity index is 2.01. The molecule has 0 bridgehead atoms. The van der Waals surface area contributed by atoms with Gasteiger partial charge in [0.05, 0.1) is 23.3 Å². The lowest BCUT2D eigenvalue weighted by Gasteiger charge is -2.11. The molecule has 2 aromatic carbocycles. The smallest absolute Gasteiger partial charge is 0.416 e. The van der Waals surface area contributed by atoms with Crippen molar-refractivity contribution in [1.82, 2.24) is 0 Å². The number of hydrogen-bond acceptors (Lipinski definition) is 5. The van der Waals surface area contributed by atoms with E-state index in [9.17, 15) is 28.1 Å². The Hall–Kier alpha value is -3.30. The van der Waals surface area contributed by atoms with Gasteiger partial charge in [0.15, 0.2) is 6.61 Å². The lowest BCUT2D eigenvalue weighted by Crippen LogP contribution is -2.20. The molecule has 2 aromatic rings. The monoisotopic (exact) mass is 370 g/mol. The quantitative estimate of drug-likeness (QED) is 0.619. The number of carbonyl (C=O) groups is 1. The topological polar surface area (TPSA) is 90.7 Å². The Bertz CT molecular complexity index is 807. The van der Waals surface area contributed by atoms with Gasteiger partial charge in [-0.25, -0.2) is 0 Å². The second-order valence-electron chi connectivity index (χ2n) is 5.00. The summed E-state index contributed by atoms with van der Waals surface area (Å²) in [6.07, 6.45) is -4.46. The van der Waals surface area contributed by atoms with E-state index in [4.69, 9.17) is 9.47 Å². The van der Waals surface area contributed by atoms with Gasteiger partial charge in [0.25, 0.3) is 11.6 Å². The molecule has 7 nitrogen and oxygen atoms in total. The molecular weight excluding hydrogens is 357 g/mol. The van der Waals surface area contributed by atoms with Crippen molar-refractivity contribution in [2.75, 3.05) is 19.0 Å². The number of carbonyl (C=O) groups excluding carboxylic acids is 1. The molecule has 1 amide bonds. The van der Waals surface area contributed by atoms with Crippen LogP contribution in [-0.2, 0) is 11.0 Å². The highest BCUT2D eigenvalue weighted by atomic mass is 19.4. The molecule has 2 rings (SSSR count). The first-order valence-corrected chi connectivity index (χ1v) is 7.13. The maximum atomic E-state index is 12.5. The van der Waals surface area contributed by atoms with Crippen LogP contribution in [0.1, 0.15) is 5.56 Å². The van der Waals surface area contributed by atoms with Crippen LogP contribution >= 0.6 is 0 Å². The number of benzene rings is 2. The van der Waals surface area contributed by atoms with Gasteiger partial charge in [0, 0.05) is 12.1 Å². The summed E-state index contributed by atoms with van der Waals surface area (Å²) < 4.78 is 47.5. The van der Waals surface area contributed by atoms with Crippen molar-refractivity contribution in [2.45, 2.75) is 6.18 Å². The van der Waals surface area contributed by atoms with Gasteiger partial charge in [-0.15, -0.1) is 0 Å². The van der Waals surface area contributed by atoms with Gasteiger partial charge in [-0.3, -0.25) is 14.9 Å². The van der Waals surface area contributed by atoms with Crippen molar-refractivity contribution in [3.63, 3.8) is 0 Å². The van der Waals surface area contributed by atoms with Crippen LogP contribution in [0.2, 0.25) is 0 Å². The predicted molar refractivity (Wildman–Crippen MR) is 85.2 cm³/mol. The molecule has 10 heteroatoms. The zero-order chi connectivity index (χ0) is 19.3. The van der Waals surface area contributed by atoms with Crippen LogP contribution in [0.15, 0.2) is 42.5 Å². The summed E-state index contributed by atoms with van der Waals surface area (Å²) in [4.78, 5) is 22.1. The molecule has 0 saturated carbocycles. The van der Waals surface area contributed by atoms with Crippen molar-refractivity contribution < 1.29 is 32.4 Å². The Morgan fingerprint density at radius 3 is 2.38 bits per heavy atom. The average Bonchev–Trinajstić information content (AvgIpc) is 2.59. The Morgan fingerprint density at radius 1 is 1.19 bits per heavy atom. The zero-order valence-electron chi connectivity index (χ0n) is 13.4. The van der Waals surface area contributed by atoms with Gasteiger partial charge in [-0.05, 0) is 30.3 Å². The molecule has 0 saturated heterocycles. The molecule has 0 heterocycles. The second-order valence-corrected chi connectivity index (χ2v) is 5.00. The molecule has 1 N–H and O–H groups in total. The summed E-state index contributed by atoms with van der Waals surface area (Å²) in [5, 5.41) is 13.2. The number of rotatable bonds is 6. The number of nitro benzene ring substituents is 1. The van der Waals surface area contributed by atoms with Crippen LogP contribution in [0.5, 0.6) is 11.5 Å². The fraction of sp³-hybridized carbons (Fsp3) is 0.188. The van der Waals surface area contributed by atoms with Crippen LogP contribution in [0.4, 0.5) is 24.5 Å². The molecule has 0 atom stereocenters. The molecule has 0 aromatic heterocycles. The number of ether oxygens (including phenoxy) is 2. The number of anilines is 1. The third-order valence-electron chi connectivity index (χ3n) is 3.22.